The third-order valence-corrected chi connectivity index (χ3v) is 4.11. The van der Waals surface area contributed by atoms with Crippen LogP contribution in [0.3, 0.4) is 0 Å². The molecule has 0 bridgehead atoms. The van der Waals surface area contributed by atoms with E-state index in [4.69, 9.17) is 0 Å². The molecular formula is C21H21N3O2. The number of benzene rings is 2. The molecular weight excluding hydrogens is 326 g/mol. The van der Waals surface area contributed by atoms with Crippen molar-refractivity contribution < 1.29 is 4.79 Å². The van der Waals surface area contributed by atoms with E-state index in [1.54, 1.807) is 13.0 Å². The van der Waals surface area contributed by atoms with E-state index in [0.29, 0.717) is 12.1 Å². The number of aromatic nitrogens is 2. The Balaban J connectivity index is 1.93. The summed E-state index contributed by atoms with van der Waals surface area (Å²) in [4.78, 5) is 23.6. The molecule has 1 amide bonds. The Morgan fingerprint density at radius 2 is 1.69 bits per heavy atom. The van der Waals surface area contributed by atoms with Crippen LogP contribution in [-0.2, 0) is 11.3 Å². The molecule has 0 saturated carbocycles. The fourth-order valence-electron chi connectivity index (χ4n) is 2.72. The van der Waals surface area contributed by atoms with Crippen LogP contribution in [0.5, 0.6) is 0 Å². The van der Waals surface area contributed by atoms with Crippen LogP contribution in [0.4, 0.5) is 5.69 Å². The first-order chi connectivity index (χ1) is 12.4. The highest BCUT2D eigenvalue weighted by Gasteiger charge is 2.08. The number of nitrogens with one attached hydrogen (secondary N) is 1. The van der Waals surface area contributed by atoms with E-state index < -0.39 is 0 Å². The zero-order valence-corrected chi connectivity index (χ0v) is 15.1. The van der Waals surface area contributed by atoms with Gasteiger partial charge >= 0.3 is 0 Å². The van der Waals surface area contributed by atoms with Crippen LogP contribution in [0.25, 0.3) is 11.3 Å². The van der Waals surface area contributed by atoms with Gasteiger partial charge < -0.3 is 5.32 Å². The summed E-state index contributed by atoms with van der Waals surface area (Å²) in [6.07, 6.45) is 0. The van der Waals surface area contributed by atoms with Gasteiger partial charge in [0.15, 0.2) is 0 Å². The molecule has 1 aromatic heterocycles. The zero-order valence-electron chi connectivity index (χ0n) is 15.1. The van der Waals surface area contributed by atoms with Crippen molar-refractivity contribution >= 4 is 11.6 Å². The number of hydrogen-bond donors (Lipinski definition) is 1. The molecule has 1 heterocycles. The van der Waals surface area contributed by atoms with E-state index in [2.05, 4.69) is 10.4 Å². The minimum Gasteiger partial charge on any atom is -0.326 e. The minimum atomic E-state index is -0.113. The van der Waals surface area contributed by atoms with Gasteiger partial charge in [0.2, 0.25) is 5.91 Å². The second-order valence-electron chi connectivity index (χ2n) is 6.42. The largest absolute Gasteiger partial charge is 0.326 e. The number of rotatable bonds is 4. The molecule has 0 spiro atoms. The summed E-state index contributed by atoms with van der Waals surface area (Å²) in [5.74, 6) is -0.113. The van der Waals surface area contributed by atoms with Crippen molar-refractivity contribution in [2.24, 2.45) is 0 Å². The normalized spacial score (nSPS) is 10.6. The topological polar surface area (TPSA) is 64.0 Å². The smallest absolute Gasteiger partial charge is 0.270 e. The first-order valence-electron chi connectivity index (χ1n) is 8.45. The van der Waals surface area contributed by atoms with E-state index in [0.717, 1.165) is 22.5 Å². The Kier molecular flexibility index (Phi) is 4.98. The van der Waals surface area contributed by atoms with Crippen LogP contribution in [0.15, 0.2) is 59.4 Å². The summed E-state index contributed by atoms with van der Waals surface area (Å²) in [5, 5.41) is 7.27. The maximum Gasteiger partial charge on any atom is 0.270 e. The van der Waals surface area contributed by atoms with Gasteiger partial charge in [-0.1, -0.05) is 42.0 Å². The molecule has 0 radical (unpaired) electrons. The van der Waals surface area contributed by atoms with Crippen LogP contribution in [0.2, 0.25) is 0 Å². The summed E-state index contributed by atoms with van der Waals surface area (Å²) >= 11 is 0. The summed E-state index contributed by atoms with van der Waals surface area (Å²) < 4.78 is 1.50. The molecule has 5 nitrogen and oxygen atoms in total. The highest BCUT2D eigenvalue weighted by atomic mass is 16.1. The molecule has 1 N–H and O–H groups in total. The van der Waals surface area contributed by atoms with Crippen molar-refractivity contribution in [2.75, 3.05) is 5.32 Å². The van der Waals surface area contributed by atoms with Crippen LogP contribution in [0.1, 0.15) is 23.6 Å². The van der Waals surface area contributed by atoms with Crippen molar-refractivity contribution in [1.29, 1.82) is 0 Å². The number of nitrogens with zero attached hydrogens (tertiary/aromatic N) is 2. The fourth-order valence-corrected chi connectivity index (χ4v) is 2.72. The second-order valence-corrected chi connectivity index (χ2v) is 6.42. The van der Waals surface area contributed by atoms with Crippen molar-refractivity contribution in [3.63, 3.8) is 0 Å². The van der Waals surface area contributed by atoms with Crippen molar-refractivity contribution in [1.82, 2.24) is 9.78 Å². The van der Waals surface area contributed by atoms with Gasteiger partial charge in [0.05, 0.1) is 12.2 Å². The minimum absolute atomic E-state index is 0.0933. The van der Waals surface area contributed by atoms with Gasteiger partial charge in [-0.05, 0) is 37.6 Å². The molecule has 132 valence electrons. The lowest BCUT2D eigenvalue weighted by molar-refractivity contribution is -0.114. The molecule has 3 rings (SSSR count). The predicted octanol–water partition coefficient (Wildman–Crippen LogP) is 3.53. The van der Waals surface area contributed by atoms with Gasteiger partial charge in [-0.2, -0.15) is 5.10 Å². The van der Waals surface area contributed by atoms with E-state index in [1.807, 2.05) is 55.5 Å². The summed E-state index contributed by atoms with van der Waals surface area (Å²) in [6, 6.07) is 17.3. The lowest BCUT2D eigenvalue weighted by atomic mass is 10.1. The van der Waals surface area contributed by atoms with E-state index >= 15 is 0 Å². The third kappa shape index (κ3) is 4.06. The van der Waals surface area contributed by atoms with Gasteiger partial charge in [-0.3, -0.25) is 9.59 Å². The van der Waals surface area contributed by atoms with Gasteiger partial charge in [0, 0.05) is 23.7 Å². The Morgan fingerprint density at radius 1 is 1.04 bits per heavy atom. The number of amides is 1. The number of carbonyl (C=O) groups excluding carboxylic acids is 1. The Labute approximate surface area is 152 Å². The Bertz CT molecular complexity index is 987. The molecule has 5 heteroatoms. The third-order valence-electron chi connectivity index (χ3n) is 4.11. The molecule has 26 heavy (non-hydrogen) atoms. The number of aryl methyl sites for hydroxylation is 2. The quantitative estimate of drug-likeness (QED) is 0.785. The van der Waals surface area contributed by atoms with Gasteiger partial charge in [-0.15, -0.1) is 0 Å². The monoisotopic (exact) mass is 347 g/mol. The Morgan fingerprint density at radius 3 is 2.31 bits per heavy atom. The zero-order chi connectivity index (χ0) is 18.7. The van der Waals surface area contributed by atoms with E-state index in [9.17, 15) is 9.59 Å². The van der Waals surface area contributed by atoms with Crippen LogP contribution in [0, 0.1) is 13.8 Å². The summed E-state index contributed by atoms with van der Waals surface area (Å²) in [5.41, 5.74) is 5.10. The molecule has 0 aliphatic rings. The molecule has 0 aliphatic heterocycles. The molecule has 0 atom stereocenters. The van der Waals surface area contributed by atoms with Crippen LogP contribution < -0.4 is 10.9 Å². The number of anilines is 1. The van der Waals surface area contributed by atoms with Crippen LogP contribution in [-0.4, -0.2) is 15.7 Å². The van der Waals surface area contributed by atoms with Crippen molar-refractivity contribution in [2.45, 2.75) is 27.3 Å². The van der Waals surface area contributed by atoms with Gasteiger partial charge in [0.25, 0.3) is 5.56 Å². The maximum absolute atomic E-state index is 12.5. The molecule has 0 saturated heterocycles. The molecule has 2 aromatic carbocycles. The maximum atomic E-state index is 12.5. The highest BCUT2D eigenvalue weighted by Crippen LogP contribution is 2.19. The average Bonchev–Trinajstić information content (AvgIpc) is 2.61. The van der Waals surface area contributed by atoms with Crippen LogP contribution >= 0.6 is 0 Å². The SMILES string of the molecule is CC(=O)Nc1ccc(-c2cc(C)c(=O)n(Cc3ccc(C)cc3)n2)cc1. The Hall–Kier alpha value is -3.21. The molecule has 0 unspecified atom stereocenters. The van der Waals surface area contributed by atoms with Gasteiger partial charge in [-0.25, -0.2) is 4.68 Å². The number of carbonyl (C=O) groups is 1. The van der Waals surface area contributed by atoms with Crippen molar-refractivity contribution in [3.8, 4) is 11.3 Å². The second kappa shape index (κ2) is 7.35. The summed E-state index contributed by atoms with van der Waals surface area (Å²) in [7, 11) is 0. The van der Waals surface area contributed by atoms with E-state index in [1.165, 1.54) is 17.2 Å². The highest BCUT2D eigenvalue weighted by molar-refractivity contribution is 5.88. The van der Waals surface area contributed by atoms with E-state index in [-0.39, 0.29) is 11.5 Å². The lowest BCUT2D eigenvalue weighted by Gasteiger charge is -2.10. The standard InChI is InChI=1S/C21H21N3O2/c1-14-4-6-17(7-5-14)13-24-21(26)15(2)12-20(23-24)18-8-10-19(11-9-18)22-16(3)25/h4-12H,13H2,1-3H3,(H,22,25). The summed E-state index contributed by atoms with van der Waals surface area (Å²) in [6.45, 7) is 5.73. The fraction of sp³-hybridized carbons (Fsp3) is 0.190. The average molecular weight is 347 g/mol. The first kappa shape index (κ1) is 17.6. The number of hydrogen-bond acceptors (Lipinski definition) is 3. The van der Waals surface area contributed by atoms with Gasteiger partial charge in [0.1, 0.15) is 0 Å². The lowest BCUT2D eigenvalue weighted by Crippen LogP contribution is -2.25. The predicted molar refractivity (Wildman–Crippen MR) is 103 cm³/mol. The molecule has 0 fully saturated rings. The first-order valence-corrected chi connectivity index (χ1v) is 8.45. The van der Waals surface area contributed by atoms with Crippen molar-refractivity contribution in [3.05, 3.63) is 81.6 Å². The molecule has 3 aromatic rings. The molecule has 0 aliphatic carbocycles.